The molecular formula is C14H18N. The third-order valence-electron chi connectivity index (χ3n) is 3.34. The fourth-order valence-corrected chi connectivity index (χ4v) is 2.19. The minimum atomic E-state index is 0.475. The van der Waals surface area contributed by atoms with E-state index in [0.29, 0.717) is 5.92 Å². The Hall–Kier alpha value is -1.24. The van der Waals surface area contributed by atoms with Gasteiger partial charge in [-0.1, -0.05) is 19.1 Å². The molecule has 1 aliphatic heterocycles. The quantitative estimate of drug-likeness (QED) is 0.621. The van der Waals surface area contributed by atoms with E-state index in [4.69, 9.17) is 6.58 Å². The van der Waals surface area contributed by atoms with Gasteiger partial charge in [-0.3, -0.25) is 0 Å². The van der Waals surface area contributed by atoms with Crippen molar-refractivity contribution in [2.75, 3.05) is 11.9 Å². The van der Waals surface area contributed by atoms with Gasteiger partial charge in [0, 0.05) is 18.4 Å². The highest BCUT2D eigenvalue weighted by molar-refractivity contribution is 5.59. The van der Waals surface area contributed by atoms with Crippen LogP contribution >= 0.6 is 0 Å². The van der Waals surface area contributed by atoms with E-state index in [1.54, 1.807) is 0 Å². The van der Waals surface area contributed by atoms with Crippen molar-refractivity contribution < 1.29 is 0 Å². The highest BCUT2D eigenvalue weighted by Crippen LogP contribution is 2.32. The molecule has 0 bridgehead atoms. The maximum atomic E-state index is 6.13. The molecule has 2 rings (SSSR count). The molecule has 1 aromatic rings. The summed E-state index contributed by atoms with van der Waals surface area (Å²) in [4.78, 5) is 2.14. The number of anilines is 1. The zero-order valence-corrected chi connectivity index (χ0v) is 9.75. The highest BCUT2D eigenvalue weighted by Gasteiger charge is 2.19. The maximum absolute atomic E-state index is 6.13. The van der Waals surface area contributed by atoms with Crippen LogP contribution in [0.1, 0.15) is 24.5 Å². The first-order valence-corrected chi connectivity index (χ1v) is 5.55. The third-order valence-corrected chi connectivity index (χ3v) is 3.34. The summed E-state index contributed by atoms with van der Waals surface area (Å²) in [5.74, 6) is 0.475. The van der Waals surface area contributed by atoms with Crippen molar-refractivity contribution in [1.29, 1.82) is 0 Å². The molecule has 1 heterocycles. The SMILES string of the molecule is [CH]=C1C(C)CCc2ccc(C)cc2N1C. The minimum absolute atomic E-state index is 0.475. The minimum Gasteiger partial charge on any atom is -0.348 e. The van der Waals surface area contributed by atoms with E-state index < -0.39 is 0 Å². The normalized spacial score (nSPS) is 21.1. The van der Waals surface area contributed by atoms with Gasteiger partial charge in [0.15, 0.2) is 0 Å². The van der Waals surface area contributed by atoms with Crippen molar-refractivity contribution in [2.45, 2.75) is 26.7 Å². The Morgan fingerprint density at radius 1 is 1.40 bits per heavy atom. The lowest BCUT2D eigenvalue weighted by Crippen LogP contribution is -2.19. The predicted octanol–water partition coefficient (Wildman–Crippen LogP) is 3.33. The average Bonchev–Trinajstić information content (AvgIpc) is 2.32. The molecule has 15 heavy (non-hydrogen) atoms. The molecule has 1 radical (unpaired) electrons. The molecular weight excluding hydrogens is 182 g/mol. The topological polar surface area (TPSA) is 3.24 Å². The molecule has 0 spiro atoms. The molecule has 0 aliphatic carbocycles. The largest absolute Gasteiger partial charge is 0.348 e. The number of hydrogen-bond donors (Lipinski definition) is 0. The Morgan fingerprint density at radius 2 is 2.13 bits per heavy atom. The summed E-state index contributed by atoms with van der Waals surface area (Å²) >= 11 is 0. The second kappa shape index (κ2) is 3.73. The van der Waals surface area contributed by atoms with Crippen molar-refractivity contribution in [2.24, 2.45) is 5.92 Å². The van der Waals surface area contributed by atoms with E-state index in [1.807, 2.05) is 0 Å². The Kier molecular flexibility index (Phi) is 2.56. The van der Waals surface area contributed by atoms with Gasteiger partial charge in [0.05, 0.1) is 0 Å². The first kappa shape index (κ1) is 10.3. The molecule has 1 nitrogen and oxygen atoms in total. The second-order valence-corrected chi connectivity index (χ2v) is 4.56. The van der Waals surface area contributed by atoms with E-state index >= 15 is 0 Å². The molecule has 0 aromatic heterocycles. The Bertz CT molecular complexity index is 392. The summed E-state index contributed by atoms with van der Waals surface area (Å²) in [5.41, 5.74) is 4.97. The molecule has 1 unspecified atom stereocenters. The first-order chi connectivity index (χ1) is 7.09. The summed E-state index contributed by atoms with van der Waals surface area (Å²) in [6, 6.07) is 6.63. The Morgan fingerprint density at radius 3 is 2.87 bits per heavy atom. The molecule has 1 heteroatoms. The zero-order chi connectivity index (χ0) is 11.0. The van der Waals surface area contributed by atoms with Crippen LogP contribution in [0.25, 0.3) is 0 Å². The van der Waals surface area contributed by atoms with Gasteiger partial charge in [0.2, 0.25) is 0 Å². The van der Waals surface area contributed by atoms with Gasteiger partial charge >= 0.3 is 0 Å². The lowest BCUT2D eigenvalue weighted by molar-refractivity contribution is 0.614. The van der Waals surface area contributed by atoms with Gasteiger partial charge in [-0.05, 0) is 49.5 Å². The van der Waals surface area contributed by atoms with Crippen LogP contribution in [0.3, 0.4) is 0 Å². The first-order valence-electron chi connectivity index (χ1n) is 5.55. The van der Waals surface area contributed by atoms with E-state index in [0.717, 1.165) is 18.5 Å². The molecule has 1 atom stereocenters. The monoisotopic (exact) mass is 200 g/mol. The fourth-order valence-electron chi connectivity index (χ4n) is 2.19. The van der Waals surface area contributed by atoms with Crippen LogP contribution in [-0.4, -0.2) is 7.05 Å². The van der Waals surface area contributed by atoms with Crippen LogP contribution in [0.15, 0.2) is 23.9 Å². The van der Waals surface area contributed by atoms with Crippen molar-refractivity contribution in [1.82, 2.24) is 0 Å². The Balaban J connectivity index is 2.48. The lowest BCUT2D eigenvalue weighted by atomic mass is 10.0. The number of hydrogen-bond acceptors (Lipinski definition) is 1. The van der Waals surface area contributed by atoms with Gasteiger partial charge in [0.25, 0.3) is 0 Å². The van der Waals surface area contributed by atoms with Crippen LogP contribution in [-0.2, 0) is 6.42 Å². The number of fused-ring (bicyclic) bond motifs is 1. The van der Waals surface area contributed by atoms with Crippen molar-refractivity contribution >= 4 is 5.69 Å². The van der Waals surface area contributed by atoms with Gasteiger partial charge in [-0.15, -0.1) is 0 Å². The standard InChI is InChI=1S/C14H18N/c1-10-5-7-13-8-6-11(2)12(3)15(4)14(13)9-10/h3,5,7,9,11H,6,8H2,1-2,4H3. The van der Waals surface area contributed by atoms with Gasteiger partial charge in [-0.2, -0.15) is 0 Å². The zero-order valence-electron chi connectivity index (χ0n) is 9.75. The molecule has 0 saturated carbocycles. The Labute approximate surface area is 92.4 Å². The molecule has 1 aromatic carbocycles. The molecule has 0 saturated heterocycles. The van der Waals surface area contributed by atoms with Gasteiger partial charge in [-0.25, -0.2) is 0 Å². The van der Waals surface area contributed by atoms with Crippen molar-refractivity contribution in [3.05, 3.63) is 41.6 Å². The average molecular weight is 200 g/mol. The summed E-state index contributed by atoms with van der Waals surface area (Å²) in [6.07, 6.45) is 2.27. The molecule has 79 valence electrons. The van der Waals surface area contributed by atoms with Gasteiger partial charge in [0.1, 0.15) is 0 Å². The number of allylic oxidation sites excluding steroid dienone is 1. The van der Waals surface area contributed by atoms with E-state index in [9.17, 15) is 0 Å². The van der Waals surface area contributed by atoms with Gasteiger partial charge < -0.3 is 4.90 Å². The predicted molar refractivity (Wildman–Crippen MR) is 64.9 cm³/mol. The van der Waals surface area contributed by atoms with E-state index in [1.165, 1.54) is 16.8 Å². The van der Waals surface area contributed by atoms with E-state index in [2.05, 4.69) is 44.0 Å². The van der Waals surface area contributed by atoms with Crippen molar-refractivity contribution in [3.8, 4) is 0 Å². The number of benzene rings is 1. The lowest BCUT2D eigenvalue weighted by Gasteiger charge is -2.24. The maximum Gasteiger partial charge on any atom is 0.0440 e. The number of rotatable bonds is 0. The summed E-state index contributed by atoms with van der Waals surface area (Å²) in [7, 11) is 2.06. The number of nitrogens with zero attached hydrogens (tertiary/aromatic N) is 1. The molecule has 1 aliphatic rings. The molecule has 0 amide bonds. The fraction of sp³-hybridized carbons (Fsp3) is 0.429. The molecule has 0 fully saturated rings. The molecule has 0 N–H and O–H groups in total. The second-order valence-electron chi connectivity index (χ2n) is 4.56. The highest BCUT2D eigenvalue weighted by atomic mass is 15.1. The smallest absolute Gasteiger partial charge is 0.0440 e. The summed E-state index contributed by atoms with van der Waals surface area (Å²) in [6.45, 7) is 10.5. The number of aryl methyl sites for hydroxylation is 2. The van der Waals surface area contributed by atoms with Crippen LogP contribution in [0, 0.1) is 19.4 Å². The van der Waals surface area contributed by atoms with Crippen LogP contribution in [0.5, 0.6) is 0 Å². The van der Waals surface area contributed by atoms with Crippen LogP contribution in [0.4, 0.5) is 5.69 Å². The van der Waals surface area contributed by atoms with Crippen LogP contribution in [0.2, 0.25) is 0 Å². The van der Waals surface area contributed by atoms with Crippen molar-refractivity contribution in [3.63, 3.8) is 0 Å². The summed E-state index contributed by atoms with van der Waals surface area (Å²) < 4.78 is 0. The van der Waals surface area contributed by atoms with Crippen LogP contribution < -0.4 is 4.90 Å². The van der Waals surface area contributed by atoms with E-state index in [-0.39, 0.29) is 0 Å². The third kappa shape index (κ3) is 1.79. The summed E-state index contributed by atoms with van der Waals surface area (Å²) in [5, 5.41) is 0.